The first-order chi connectivity index (χ1) is 9.79. The van der Waals surface area contributed by atoms with Gasteiger partial charge in [0.1, 0.15) is 5.56 Å². The molecule has 0 unspecified atom stereocenters. The minimum absolute atomic E-state index is 0.0834. The molecule has 0 fully saturated rings. The Morgan fingerprint density at radius 1 is 1.14 bits per heavy atom. The van der Waals surface area contributed by atoms with Gasteiger partial charge in [-0.15, -0.1) is 0 Å². The van der Waals surface area contributed by atoms with Crippen LogP contribution in [0.15, 0.2) is 47.4 Å². The average molecular weight is 296 g/mol. The molecule has 0 bridgehead atoms. The lowest BCUT2D eigenvalue weighted by atomic mass is 10.2. The Morgan fingerprint density at radius 2 is 1.76 bits per heavy atom. The summed E-state index contributed by atoms with van der Waals surface area (Å²) in [5.74, 6) is -0.670. The summed E-state index contributed by atoms with van der Waals surface area (Å²) in [6.45, 7) is 0. The first-order valence-electron chi connectivity index (χ1n) is 5.93. The van der Waals surface area contributed by atoms with Gasteiger partial charge in [0.25, 0.3) is 11.5 Å². The highest BCUT2D eigenvalue weighted by molar-refractivity contribution is 6.03. The number of halogens is 3. The van der Waals surface area contributed by atoms with Crippen LogP contribution in [0, 0.1) is 0 Å². The number of pyridine rings is 1. The predicted molar refractivity (Wildman–Crippen MR) is 71.1 cm³/mol. The van der Waals surface area contributed by atoms with Crippen LogP contribution < -0.4 is 10.9 Å². The smallest absolute Gasteiger partial charge is 0.322 e. The fourth-order valence-corrected chi connectivity index (χ4v) is 1.71. The van der Waals surface area contributed by atoms with Crippen molar-refractivity contribution in [2.75, 3.05) is 5.32 Å². The second kappa shape index (κ2) is 5.43. The quantitative estimate of drug-likeness (QED) is 0.926. The van der Waals surface area contributed by atoms with Gasteiger partial charge >= 0.3 is 6.18 Å². The second-order valence-electron chi connectivity index (χ2n) is 4.37. The number of aromatic nitrogens is 1. The first-order valence-corrected chi connectivity index (χ1v) is 5.93. The van der Waals surface area contributed by atoms with Crippen LogP contribution in [0.5, 0.6) is 0 Å². The van der Waals surface area contributed by atoms with E-state index >= 15 is 0 Å². The van der Waals surface area contributed by atoms with E-state index < -0.39 is 23.2 Å². The van der Waals surface area contributed by atoms with Crippen LogP contribution in [-0.2, 0) is 13.2 Å². The molecule has 110 valence electrons. The number of benzene rings is 1. The van der Waals surface area contributed by atoms with Crippen molar-refractivity contribution in [1.82, 2.24) is 4.57 Å². The zero-order valence-electron chi connectivity index (χ0n) is 10.9. The van der Waals surface area contributed by atoms with Crippen LogP contribution in [0.1, 0.15) is 15.9 Å². The molecule has 0 saturated heterocycles. The fourth-order valence-electron chi connectivity index (χ4n) is 1.71. The molecule has 0 aliphatic carbocycles. The van der Waals surface area contributed by atoms with Gasteiger partial charge in [-0.3, -0.25) is 9.59 Å². The Bertz CT molecular complexity index is 718. The summed E-state index contributed by atoms with van der Waals surface area (Å²) in [5.41, 5.74) is -1.20. The molecule has 0 aliphatic rings. The lowest BCUT2D eigenvalue weighted by Crippen LogP contribution is -2.27. The molecule has 1 aromatic carbocycles. The van der Waals surface area contributed by atoms with Gasteiger partial charge in [-0.2, -0.15) is 13.2 Å². The molecule has 0 saturated carbocycles. The third-order valence-electron chi connectivity index (χ3n) is 2.84. The molecule has 0 spiro atoms. The molecule has 0 atom stereocenters. The van der Waals surface area contributed by atoms with E-state index in [1.54, 1.807) is 0 Å². The van der Waals surface area contributed by atoms with Crippen LogP contribution in [0.4, 0.5) is 18.9 Å². The lowest BCUT2D eigenvalue weighted by molar-refractivity contribution is -0.137. The van der Waals surface area contributed by atoms with Gasteiger partial charge in [-0.25, -0.2) is 0 Å². The number of alkyl halides is 3. The maximum absolute atomic E-state index is 12.4. The van der Waals surface area contributed by atoms with Crippen LogP contribution >= 0.6 is 0 Å². The Kier molecular flexibility index (Phi) is 3.84. The SMILES string of the molecule is Cn1cccc(C(=O)Nc2ccc(C(F)(F)F)cc2)c1=O. The van der Waals surface area contributed by atoms with E-state index in [0.717, 1.165) is 24.3 Å². The third-order valence-corrected chi connectivity index (χ3v) is 2.84. The molecule has 21 heavy (non-hydrogen) atoms. The van der Waals surface area contributed by atoms with Crippen molar-refractivity contribution in [3.63, 3.8) is 0 Å². The molecular weight excluding hydrogens is 285 g/mol. The van der Waals surface area contributed by atoms with E-state index in [4.69, 9.17) is 0 Å². The number of carbonyl (C=O) groups is 1. The number of amides is 1. The molecule has 0 aliphatic heterocycles. The molecule has 0 radical (unpaired) electrons. The van der Waals surface area contributed by atoms with Crippen molar-refractivity contribution in [2.24, 2.45) is 7.05 Å². The topological polar surface area (TPSA) is 51.1 Å². The van der Waals surface area contributed by atoms with Crippen molar-refractivity contribution in [3.8, 4) is 0 Å². The molecular formula is C14H11F3N2O2. The van der Waals surface area contributed by atoms with Gasteiger partial charge in [0.05, 0.1) is 5.56 Å². The van der Waals surface area contributed by atoms with E-state index in [1.165, 1.54) is 29.9 Å². The van der Waals surface area contributed by atoms with Gasteiger partial charge in [-0.05, 0) is 36.4 Å². The number of nitrogens with one attached hydrogen (secondary N) is 1. The average Bonchev–Trinajstić information content (AvgIpc) is 2.41. The minimum Gasteiger partial charge on any atom is -0.322 e. The Labute approximate surface area is 117 Å². The van der Waals surface area contributed by atoms with Crippen LogP contribution in [0.25, 0.3) is 0 Å². The standard InChI is InChI=1S/C14H11F3N2O2/c1-19-8-2-3-11(13(19)21)12(20)18-10-6-4-9(5-7-10)14(15,16)17/h2-8H,1H3,(H,18,20). The molecule has 2 rings (SSSR count). The largest absolute Gasteiger partial charge is 0.416 e. The fraction of sp³-hybridized carbons (Fsp3) is 0.143. The normalized spacial score (nSPS) is 11.2. The van der Waals surface area contributed by atoms with Crippen LogP contribution in [0.2, 0.25) is 0 Å². The summed E-state index contributed by atoms with van der Waals surface area (Å²) < 4.78 is 38.5. The number of hydrogen-bond acceptors (Lipinski definition) is 2. The number of aryl methyl sites for hydroxylation is 1. The van der Waals surface area contributed by atoms with E-state index in [2.05, 4.69) is 5.32 Å². The van der Waals surface area contributed by atoms with Gasteiger partial charge < -0.3 is 9.88 Å². The van der Waals surface area contributed by atoms with Crippen molar-refractivity contribution >= 4 is 11.6 Å². The molecule has 1 aromatic heterocycles. The molecule has 7 heteroatoms. The highest BCUT2D eigenvalue weighted by Gasteiger charge is 2.30. The van der Waals surface area contributed by atoms with Crippen molar-refractivity contribution in [2.45, 2.75) is 6.18 Å². The van der Waals surface area contributed by atoms with Gasteiger partial charge in [0.2, 0.25) is 0 Å². The monoisotopic (exact) mass is 296 g/mol. The summed E-state index contributed by atoms with van der Waals surface area (Å²) in [6.07, 6.45) is -2.94. The van der Waals surface area contributed by atoms with Gasteiger partial charge in [0, 0.05) is 18.9 Å². The van der Waals surface area contributed by atoms with E-state index in [1.807, 2.05) is 0 Å². The van der Waals surface area contributed by atoms with Crippen molar-refractivity contribution < 1.29 is 18.0 Å². The van der Waals surface area contributed by atoms with Crippen LogP contribution in [0.3, 0.4) is 0 Å². The molecule has 1 amide bonds. The van der Waals surface area contributed by atoms with E-state index in [0.29, 0.717) is 0 Å². The first kappa shape index (κ1) is 14.8. The second-order valence-corrected chi connectivity index (χ2v) is 4.37. The maximum Gasteiger partial charge on any atom is 0.416 e. The highest BCUT2D eigenvalue weighted by Crippen LogP contribution is 2.29. The number of hydrogen-bond donors (Lipinski definition) is 1. The third kappa shape index (κ3) is 3.31. The zero-order chi connectivity index (χ0) is 15.6. The van der Waals surface area contributed by atoms with Gasteiger partial charge in [-0.1, -0.05) is 0 Å². The van der Waals surface area contributed by atoms with E-state index in [-0.39, 0.29) is 11.3 Å². The maximum atomic E-state index is 12.4. The summed E-state index contributed by atoms with van der Waals surface area (Å²) in [5, 5.41) is 2.39. The lowest BCUT2D eigenvalue weighted by Gasteiger charge is -2.09. The molecule has 4 nitrogen and oxygen atoms in total. The summed E-state index contributed by atoms with van der Waals surface area (Å²) in [4.78, 5) is 23.7. The van der Waals surface area contributed by atoms with Crippen molar-refractivity contribution in [1.29, 1.82) is 0 Å². The van der Waals surface area contributed by atoms with E-state index in [9.17, 15) is 22.8 Å². The number of nitrogens with zero attached hydrogens (tertiary/aromatic N) is 1. The minimum atomic E-state index is -4.43. The predicted octanol–water partition coefficient (Wildman–Crippen LogP) is 2.66. The van der Waals surface area contributed by atoms with Crippen LogP contribution in [-0.4, -0.2) is 10.5 Å². The Hall–Kier alpha value is -2.57. The summed E-state index contributed by atoms with van der Waals surface area (Å²) >= 11 is 0. The van der Waals surface area contributed by atoms with Gasteiger partial charge in [0.15, 0.2) is 0 Å². The van der Waals surface area contributed by atoms with Crippen molar-refractivity contribution in [3.05, 3.63) is 64.1 Å². The molecule has 1 heterocycles. The highest BCUT2D eigenvalue weighted by atomic mass is 19.4. The number of carbonyl (C=O) groups excluding carboxylic acids is 1. The Balaban J connectivity index is 2.20. The number of anilines is 1. The molecule has 2 aromatic rings. The Morgan fingerprint density at radius 3 is 2.33 bits per heavy atom. The number of rotatable bonds is 2. The summed E-state index contributed by atoms with van der Waals surface area (Å²) in [6, 6.07) is 6.87. The summed E-state index contributed by atoms with van der Waals surface area (Å²) in [7, 11) is 1.50. The molecule has 1 N–H and O–H groups in total. The zero-order valence-corrected chi connectivity index (χ0v) is 10.9.